The molecule has 1 heterocycles. The van der Waals surface area contributed by atoms with Gasteiger partial charge in [-0.05, 0) is 29.8 Å². The summed E-state index contributed by atoms with van der Waals surface area (Å²) in [5.41, 5.74) is 1.77. The van der Waals surface area contributed by atoms with Gasteiger partial charge in [-0.2, -0.15) is 0 Å². The van der Waals surface area contributed by atoms with Crippen LogP contribution in [-0.2, 0) is 11.3 Å². The van der Waals surface area contributed by atoms with Gasteiger partial charge in [0.25, 0.3) is 11.7 Å². The second-order valence-corrected chi connectivity index (χ2v) is 4.77. The van der Waals surface area contributed by atoms with E-state index in [9.17, 15) is 14.7 Å². The van der Waals surface area contributed by atoms with Gasteiger partial charge in [0.1, 0.15) is 11.5 Å². The Balaban J connectivity index is 1.98. The number of phenolic OH excluding ortho intramolecular Hbond substituents is 1. The van der Waals surface area contributed by atoms with E-state index in [1.54, 1.807) is 42.5 Å². The Labute approximate surface area is 121 Å². The number of fused-ring (bicyclic) bond motifs is 1. The van der Waals surface area contributed by atoms with Crippen LogP contribution in [0.25, 0.3) is 0 Å². The number of nitrogens with zero attached hydrogens (tertiary/aromatic N) is 1. The minimum atomic E-state index is -0.550. The Kier molecular flexibility index (Phi) is 3.10. The van der Waals surface area contributed by atoms with E-state index in [1.165, 1.54) is 12.0 Å². The first-order valence-corrected chi connectivity index (χ1v) is 6.42. The van der Waals surface area contributed by atoms with Crippen molar-refractivity contribution >= 4 is 17.4 Å². The maximum atomic E-state index is 12.1. The van der Waals surface area contributed by atoms with Crippen molar-refractivity contribution in [2.45, 2.75) is 6.54 Å². The number of hydrogen-bond acceptors (Lipinski definition) is 4. The summed E-state index contributed by atoms with van der Waals surface area (Å²) < 4.78 is 5.14. The highest BCUT2D eigenvalue weighted by molar-refractivity contribution is 6.52. The van der Waals surface area contributed by atoms with Gasteiger partial charge in [-0.25, -0.2) is 0 Å². The number of methoxy groups -OCH3 is 1. The second-order valence-electron chi connectivity index (χ2n) is 4.77. The topological polar surface area (TPSA) is 66.8 Å². The van der Waals surface area contributed by atoms with Crippen LogP contribution in [0.1, 0.15) is 15.9 Å². The van der Waals surface area contributed by atoms with E-state index in [1.807, 2.05) is 0 Å². The fourth-order valence-corrected chi connectivity index (χ4v) is 2.34. The van der Waals surface area contributed by atoms with Crippen molar-refractivity contribution in [2.24, 2.45) is 0 Å². The predicted molar refractivity (Wildman–Crippen MR) is 76.6 cm³/mol. The maximum Gasteiger partial charge on any atom is 0.299 e. The summed E-state index contributed by atoms with van der Waals surface area (Å²) in [6.07, 6.45) is 0. The summed E-state index contributed by atoms with van der Waals surface area (Å²) in [6, 6.07) is 11.5. The van der Waals surface area contributed by atoms with Gasteiger partial charge in [-0.15, -0.1) is 0 Å². The molecule has 1 aliphatic heterocycles. The molecule has 5 heteroatoms. The molecule has 0 aromatic heterocycles. The van der Waals surface area contributed by atoms with Crippen molar-refractivity contribution in [3.05, 3.63) is 53.6 Å². The van der Waals surface area contributed by atoms with E-state index >= 15 is 0 Å². The normalized spacial score (nSPS) is 13.5. The number of aromatic hydroxyl groups is 1. The first kappa shape index (κ1) is 13.2. The van der Waals surface area contributed by atoms with Crippen molar-refractivity contribution in [3.8, 4) is 11.5 Å². The minimum Gasteiger partial charge on any atom is -0.508 e. The van der Waals surface area contributed by atoms with E-state index in [2.05, 4.69) is 0 Å². The lowest BCUT2D eigenvalue weighted by Gasteiger charge is -2.17. The minimum absolute atomic E-state index is 0.157. The van der Waals surface area contributed by atoms with Crippen molar-refractivity contribution < 1.29 is 19.4 Å². The average Bonchev–Trinajstić information content (AvgIpc) is 2.74. The van der Waals surface area contributed by atoms with E-state index in [0.717, 1.165) is 5.56 Å². The number of rotatable bonds is 3. The van der Waals surface area contributed by atoms with Gasteiger partial charge in [0.05, 0.1) is 24.9 Å². The summed E-state index contributed by atoms with van der Waals surface area (Å²) in [7, 11) is 1.53. The predicted octanol–water partition coefficient (Wildman–Crippen LogP) is 2.13. The zero-order valence-corrected chi connectivity index (χ0v) is 11.4. The maximum absolute atomic E-state index is 12.1. The lowest BCUT2D eigenvalue weighted by Crippen LogP contribution is -2.29. The molecule has 5 nitrogen and oxygen atoms in total. The molecular formula is C16H13NO4. The molecule has 2 aromatic carbocycles. The molecule has 0 fully saturated rings. The highest BCUT2D eigenvalue weighted by Gasteiger charge is 2.35. The van der Waals surface area contributed by atoms with E-state index in [0.29, 0.717) is 17.0 Å². The van der Waals surface area contributed by atoms with Crippen molar-refractivity contribution in [1.29, 1.82) is 0 Å². The Bertz CT molecular complexity index is 722. The Hall–Kier alpha value is -2.82. The molecule has 0 radical (unpaired) electrons. The molecule has 2 aromatic rings. The number of carbonyl (C=O) groups is 2. The Morgan fingerprint density at radius 2 is 1.81 bits per heavy atom. The number of anilines is 1. The molecule has 0 spiro atoms. The number of ether oxygens (including phenoxy) is 1. The van der Waals surface area contributed by atoms with Crippen molar-refractivity contribution in [2.75, 3.05) is 12.0 Å². The molecule has 21 heavy (non-hydrogen) atoms. The van der Waals surface area contributed by atoms with Crippen LogP contribution in [0, 0.1) is 0 Å². The summed E-state index contributed by atoms with van der Waals surface area (Å²) in [5, 5.41) is 9.29. The van der Waals surface area contributed by atoms with E-state index < -0.39 is 11.7 Å². The third-order valence-corrected chi connectivity index (χ3v) is 3.46. The number of carbonyl (C=O) groups excluding carboxylic acids is 2. The summed E-state index contributed by atoms with van der Waals surface area (Å²) in [5.74, 6) is -0.311. The van der Waals surface area contributed by atoms with E-state index in [-0.39, 0.29) is 12.3 Å². The number of hydrogen-bond donors (Lipinski definition) is 1. The first-order valence-electron chi connectivity index (χ1n) is 6.42. The number of ketones is 1. The summed E-state index contributed by atoms with van der Waals surface area (Å²) in [4.78, 5) is 25.5. The lowest BCUT2D eigenvalue weighted by molar-refractivity contribution is -0.114. The first-order chi connectivity index (χ1) is 10.1. The number of phenols is 1. The fraction of sp³-hybridized carbons (Fsp3) is 0.125. The van der Waals surface area contributed by atoms with Gasteiger partial charge in [0, 0.05) is 6.07 Å². The smallest absolute Gasteiger partial charge is 0.299 e. The second kappa shape index (κ2) is 4.94. The number of amides is 1. The van der Waals surface area contributed by atoms with Crippen LogP contribution < -0.4 is 9.64 Å². The van der Waals surface area contributed by atoms with Gasteiger partial charge < -0.3 is 14.7 Å². The molecule has 1 N–H and O–H groups in total. The molecule has 1 aliphatic rings. The van der Waals surface area contributed by atoms with Gasteiger partial charge in [0.15, 0.2) is 0 Å². The number of Topliss-reactive ketones (excluding diaryl/α,β-unsaturated/α-hetero) is 1. The molecule has 1 amide bonds. The van der Waals surface area contributed by atoms with Crippen LogP contribution >= 0.6 is 0 Å². The zero-order chi connectivity index (χ0) is 15.0. The van der Waals surface area contributed by atoms with Gasteiger partial charge in [0.2, 0.25) is 0 Å². The molecule has 106 valence electrons. The van der Waals surface area contributed by atoms with Gasteiger partial charge in [-0.1, -0.05) is 12.1 Å². The molecule has 0 saturated heterocycles. The molecular weight excluding hydrogens is 270 g/mol. The van der Waals surface area contributed by atoms with Crippen LogP contribution in [0.5, 0.6) is 11.5 Å². The van der Waals surface area contributed by atoms with Crippen molar-refractivity contribution in [1.82, 2.24) is 0 Å². The molecule has 3 rings (SSSR count). The largest absolute Gasteiger partial charge is 0.508 e. The summed E-state index contributed by atoms with van der Waals surface area (Å²) in [6.45, 7) is 0.269. The monoisotopic (exact) mass is 283 g/mol. The Morgan fingerprint density at radius 1 is 1.10 bits per heavy atom. The molecule has 0 saturated carbocycles. The van der Waals surface area contributed by atoms with Crippen LogP contribution in [0.3, 0.4) is 0 Å². The van der Waals surface area contributed by atoms with Crippen LogP contribution in [-0.4, -0.2) is 23.9 Å². The zero-order valence-electron chi connectivity index (χ0n) is 11.4. The third kappa shape index (κ3) is 2.23. The highest BCUT2D eigenvalue weighted by Crippen LogP contribution is 2.33. The molecule has 0 aliphatic carbocycles. The van der Waals surface area contributed by atoms with Crippen LogP contribution in [0.4, 0.5) is 5.69 Å². The Morgan fingerprint density at radius 3 is 2.48 bits per heavy atom. The van der Waals surface area contributed by atoms with Gasteiger partial charge >= 0.3 is 0 Å². The third-order valence-electron chi connectivity index (χ3n) is 3.46. The highest BCUT2D eigenvalue weighted by atomic mass is 16.5. The van der Waals surface area contributed by atoms with E-state index in [4.69, 9.17) is 4.74 Å². The number of benzene rings is 2. The lowest BCUT2D eigenvalue weighted by atomic mass is 10.1. The quantitative estimate of drug-likeness (QED) is 0.876. The standard InChI is InChI=1S/C16H13NO4/c1-21-12-6-7-13-14(8-12)17(16(20)15(13)19)9-10-2-4-11(18)5-3-10/h2-8,18H,9H2,1H3. The van der Waals surface area contributed by atoms with Crippen LogP contribution in [0.2, 0.25) is 0 Å². The molecule has 0 bridgehead atoms. The molecule has 0 unspecified atom stereocenters. The average molecular weight is 283 g/mol. The van der Waals surface area contributed by atoms with Crippen molar-refractivity contribution in [3.63, 3.8) is 0 Å². The fourth-order valence-electron chi connectivity index (χ4n) is 2.34. The molecule has 0 atom stereocenters. The SMILES string of the molecule is COc1ccc2c(c1)N(Cc1ccc(O)cc1)C(=O)C2=O. The van der Waals surface area contributed by atoms with Crippen LogP contribution in [0.15, 0.2) is 42.5 Å². The summed E-state index contributed by atoms with van der Waals surface area (Å²) >= 11 is 0. The van der Waals surface area contributed by atoms with Gasteiger partial charge in [-0.3, -0.25) is 9.59 Å².